The van der Waals surface area contributed by atoms with Gasteiger partial charge in [-0.3, -0.25) is 16.3 Å². The first-order valence-electron chi connectivity index (χ1n) is 4.96. The van der Waals surface area contributed by atoms with Crippen molar-refractivity contribution >= 4 is 9.84 Å². The molecule has 3 N–H and O–H groups in total. The molecule has 7 heteroatoms. The monoisotopic (exact) mass is 261 g/mol. The predicted molar refractivity (Wildman–Crippen MR) is 63.2 cm³/mol. The molecule has 0 fully saturated rings. The summed E-state index contributed by atoms with van der Waals surface area (Å²) in [5.41, 5.74) is 2.80. The number of sulfone groups is 1. The van der Waals surface area contributed by atoms with Crippen molar-refractivity contribution < 1.29 is 12.8 Å². The zero-order chi connectivity index (χ0) is 13.3. The van der Waals surface area contributed by atoms with Crippen molar-refractivity contribution in [1.29, 1.82) is 0 Å². The number of hydrogen-bond donors (Lipinski definition) is 2. The van der Waals surface area contributed by atoms with Crippen molar-refractivity contribution in [2.75, 3.05) is 6.26 Å². The lowest BCUT2D eigenvalue weighted by atomic mass is 9.97. The number of pyridine rings is 1. The molecule has 1 aromatic rings. The molecule has 17 heavy (non-hydrogen) atoms. The summed E-state index contributed by atoms with van der Waals surface area (Å²) in [5, 5.41) is 0. The second kappa shape index (κ2) is 4.67. The molecule has 0 saturated heterocycles. The lowest BCUT2D eigenvalue weighted by molar-refractivity contribution is 0.425. The molecule has 1 rings (SSSR count). The Morgan fingerprint density at radius 2 is 2.06 bits per heavy atom. The van der Waals surface area contributed by atoms with Crippen molar-refractivity contribution in [3.8, 4) is 0 Å². The Kier molecular flexibility index (Phi) is 3.85. The van der Waals surface area contributed by atoms with Crippen molar-refractivity contribution in [1.82, 2.24) is 10.4 Å². The van der Waals surface area contributed by atoms with Crippen LogP contribution in [0.3, 0.4) is 0 Å². The molecule has 1 heterocycles. The molecule has 5 nitrogen and oxygen atoms in total. The average Bonchev–Trinajstić information content (AvgIpc) is 2.16. The fourth-order valence-electron chi connectivity index (χ4n) is 1.50. The molecular formula is C10H16FN3O2S. The second-order valence-corrected chi connectivity index (χ2v) is 7.01. The van der Waals surface area contributed by atoms with E-state index < -0.39 is 26.4 Å². The van der Waals surface area contributed by atoms with Crippen LogP contribution >= 0.6 is 0 Å². The molecule has 0 amide bonds. The van der Waals surface area contributed by atoms with Crippen molar-refractivity contribution in [3.05, 3.63) is 29.8 Å². The Balaban J connectivity index is 3.26. The number of hydrogen-bond acceptors (Lipinski definition) is 5. The van der Waals surface area contributed by atoms with E-state index in [1.807, 2.05) is 0 Å². The average molecular weight is 261 g/mol. The van der Waals surface area contributed by atoms with Gasteiger partial charge in [0, 0.05) is 12.5 Å². The van der Waals surface area contributed by atoms with E-state index in [4.69, 9.17) is 5.84 Å². The quantitative estimate of drug-likeness (QED) is 0.610. The van der Waals surface area contributed by atoms with Crippen molar-refractivity contribution in [3.63, 3.8) is 0 Å². The minimum absolute atomic E-state index is 0.392. The Bertz CT molecular complexity index is 502. The van der Waals surface area contributed by atoms with Crippen LogP contribution in [0.4, 0.5) is 4.39 Å². The molecule has 96 valence electrons. The minimum atomic E-state index is -3.37. The molecular weight excluding hydrogens is 245 g/mol. The summed E-state index contributed by atoms with van der Waals surface area (Å²) < 4.78 is 35.3. The summed E-state index contributed by atoms with van der Waals surface area (Å²) in [6.07, 6.45) is 3.55. The summed E-state index contributed by atoms with van der Waals surface area (Å²) in [6, 6.07) is 0.477. The van der Waals surface area contributed by atoms with Gasteiger partial charge in [0.1, 0.15) is 5.82 Å². The zero-order valence-electron chi connectivity index (χ0n) is 9.94. The third-order valence-electron chi connectivity index (χ3n) is 2.88. The van der Waals surface area contributed by atoms with Gasteiger partial charge in [0.2, 0.25) is 0 Å². The highest BCUT2D eigenvalue weighted by Gasteiger charge is 2.39. The second-order valence-electron chi connectivity index (χ2n) is 4.41. The summed E-state index contributed by atoms with van der Waals surface area (Å²) in [7, 11) is -3.37. The molecule has 1 aromatic heterocycles. The lowest BCUT2D eigenvalue weighted by Gasteiger charge is -2.32. The Labute approximate surface area is 100 Å². The molecule has 0 aromatic carbocycles. The summed E-state index contributed by atoms with van der Waals surface area (Å²) in [4.78, 5) is 3.68. The van der Waals surface area contributed by atoms with Gasteiger partial charge >= 0.3 is 0 Å². The fraction of sp³-hybridized carbons (Fsp3) is 0.500. The summed E-state index contributed by atoms with van der Waals surface area (Å²) in [6.45, 7) is 3.05. The molecule has 0 radical (unpaired) electrons. The third-order valence-corrected chi connectivity index (χ3v) is 5.02. The van der Waals surface area contributed by atoms with Crippen LogP contribution in [0.5, 0.6) is 0 Å². The van der Waals surface area contributed by atoms with Gasteiger partial charge in [-0.25, -0.2) is 12.8 Å². The highest BCUT2D eigenvalue weighted by atomic mass is 32.2. The molecule has 1 atom stereocenters. The first-order valence-corrected chi connectivity index (χ1v) is 6.85. The van der Waals surface area contributed by atoms with Crippen molar-refractivity contribution in [2.45, 2.75) is 24.6 Å². The van der Waals surface area contributed by atoms with E-state index in [0.29, 0.717) is 5.56 Å². The van der Waals surface area contributed by atoms with E-state index in [0.717, 1.165) is 12.5 Å². The maximum Gasteiger partial charge on any atom is 0.154 e. The first kappa shape index (κ1) is 14.0. The van der Waals surface area contributed by atoms with Crippen LogP contribution in [0, 0.1) is 5.82 Å². The van der Waals surface area contributed by atoms with E-state index in [-0.39, 0.29) is 0 Å². The van der Waals surface area contributed by atoms with Gasteiger partial charge in [0.25, 0.3) is 0 Å². The molecule has 0 bridgehead atoms. The number of nitrogens with two attached hydrogens (primary N) is 1. The Hall–Kier alpha value is -1.05. The summed E-state index contributed by atoms with van der Waals surface area (Å²) in [5.74, 6) is 4.84. The number of rotatable bonds is 4. The number of halogens is 1. The predicted octanol–water partition coefficient (Wildman–Crippen LogP) is 0.548. The molecule has 1 unspecified atom stereocenters. The maximum absolute atomic E-state index is 13.1. The van der Waals surface area contributed by atoms with Gasteiger partial charge in [-0.05, 0) is 25.5 Å². The highest BCUT2D eigenvalue weighted by molar-refractivity contribution is 7.92. The third kappa shape index (κ3) is 2.80. The molecule has 0 saturated carbocycles. The number of nitrogens with one attached hydrogen (secondary N) is 1. The van der Waals surface area contributed by atoms with Gasteiger partial charge in [0.05, 0.1) is 17.0 Å². The van der Waals surface area contributed by atoms with Crippen LogP contribution in [0.15, 0.2) is 18.5 Å². The minimum Gasteiger partial charge on any atom is -0.271 e. The number of aromatic nitrogens is 1. The molecule has 0 aliphatic rings. The van der Waals surface area contributed by atoms with Crippen LogP contribution in [0.25, 0.3) is 0 Å². The standard InChI is InChI=1S/C10H16FN3O2S/c1-10(2,17(3,15)16)9(14-12)7-4-8(11)6-13-5-7/h4-6,9,14H,12H2,1-3H3. The Morgan fingerprint density at radius 1 is 1.47 bits per heavy atom. The first-order chi connectivity index (χ1) is 7.70. The fourth-order valence-corrected chi connectivity index (χ4v) is 2.13. The largest absolute Gasteiger partial charge is 0.271 e. The van der Waals surface area contributed by atoms with Gasteiger partial charge in [-0.1, -0.05) is 0 Å². The zero-order valence-corrected chi connectivity index (χ0v) is 10.8. The maximum atomic E-state index is 13.1. The smallest absolute Gasteiger partial charge is 0.154 e. The summed E-state index contributed by atoms with van der Waals surface area (Å²) >= 11 is 0. The van der Waals surface area contributed by atoms with Crippen LogP contribution in [0.1, 0.15) is 25.5 Å². The van der Waals surface area contributed by atoms with Gasteiger partial charge in [-0.15, -0.1) is 0 Å². The van der Waals surface area contributed by atoms with Gasteiger partial charge < -0.3 is 0 Å². The van der Waals surface area contributed by atoms with Gasteiger partial charge in [-0.2, -0.15) is 0 Å². The molecule has 0 aliphatic heterocycles. The molecule has 0 aliphatic carbocycles. The van der Waals surface area contributed by atoms with E-state index in [9.17, 15) is 12.8 Å². The number of nitrogens with zero attached hydrogens (tertiary/aromatic N) is 1. The van der Waals surface area contributed by atoms with E-state index in [2.05, 4.69) is 10.4 Å². The Morgan fingerprint density at radius 3 is 2.47 bits per heavy atom. The van der Waals surface area contributed by atoms with E-state index in [1.54, 1.807) is 0 Å². The van der Waals surface area contributed by atoms with Crippen molar-refractivity contribution in [2.24, 2.45) is 5.84 Å². The SMILES string of the molecule is CC(C)(C(NN)c1cncc(F)c1)S(C)(=O)=O. The highest BCUT2D eigenvalue weighted by Crippen LogP contribution is 2.31. The lowest BCUT2D eigenvalue weighted by Crippen LogP contribution is -2.47. The number of hydrazine groups is 1. The topological polar surface area (TPSA) is 85.1 Å². The van der Waals surface area contributed by atoms with E-state index in [1.165, 1.54) is 26.1 Å². The van der Waals surface area contributed by atoms with Gasteiger partial charge in [0.15, 0.2) is 9.84 Å². The normalized spacial score (nSPS) is 14.6. The van der Waals surface area contributed by atoms with Crippen LogP contribution in [0.2, 0.25) is 0 Å². The van der Waals surface area contributed by atoms with Crippen LogP contribution in [-0.4, -0.2) is 24.4 Å². The van der Waals surface area contributed by atoms with Crippen LogP contribution in [-0.2, 0) is 9.84 Å². The van der Waals surface area contributed by atoms with E-state index >= 15 is 0 Å². The molecule has 0 spiro atoms. The van der Waals surface area contributed by atoms with Crippen LogP contribution < -0.4 is 11.3 Å².